The van der Waals surface area contributed by atoms with E-state index < -0.39 is 5.97 Å². The number of aromatic nitrogens is 3. The number of hydrogen-bond acceptors (Lipinski definition) is 7. The third kappa shape index (κ3) is 4.37. The van der Waals surface area contributed by atoms with Gasteiger partial charge in [0, 0.05) is 44.4 Å². The molecule has 0 bridgehead atoms. The lowest BCUT2D eigenvalue weighted by molar-refractivity contribution is 0.0696. The second-order valence-corrected chi connectivity index (χ2v) is 7.40. The van der Waals surface area contributed by atoms with Crippen LogP contribution in [-0.4, -0.2) is 45.4 Å². The Labute approximate surface area is 173 Å². The van der Waals surface area contributed by atoms with Crippen LogP contribution in [-0.2, 0) is 0 Å². The highest BCUT2D eigenvalue weighted by Crippen LogP contribution is 2.29. The van der Waals surface area contributed by atoms with Crippen LogP contribution in [0.5, 0.6) is 5.75 Å². The smallest absolute Gasteiger partial charge is 0.337 e. The zero-order valence-electron chi connectivity index (χ0n) is 15.1. The third-order valence-electron chi connectivity index (χ3n) is 4.56. The summed E-state index contributed by atoms with van der Waals surface area (Å²) in [5, 5.41) is 13.1. The summed E-state index contributed by atoms with van der Waals surface area (Å²) in [5.74, 6) is -0.313. The van der Waals surface area contributed by atoms with Crippen molar-refractivity contribution in [2.45, 2.75) is 18.9 Å². The number of carbonyl (C=O) groups is 1. The molecular weight excluding hydrogens is 447 g/mol. The van der Waals surface area contributed by atoms with Gasteiger partial charge in [-0.1, -0.05) is 0 Å². The molecule has 150 valence electrons. The molecule has 3 aromatic rings. The minimum absolute atomic E-state index is 0.0451. The number of anilines is 1. The van der Waals surface area contributed by atoms with Crippen molar-refractivity contribution in [3.63, 3.8) is 0 Å². The summed E-state index contributed by atoms with van der Waals surface area (Å²) in [6, 6.07) is 5.79. The van der Waals surface area contributed by atoms with Crippen molar-refractivity contribution in [2.75, 3.05) is 18.0 Å². The van der Waals surface area contributed by atoms with E-state index in [-0.39, 0.29) is 23.4 Å². The van der Waals surface area contributed by atoms with Gasteiger partial charge in [0.1, 0.15) is 17.7 Å². The maximum Gasteiger partial charge on any atom is 0.337 e. The number of benzene rings is 1. The number of piperidine rings is 1. The van der Waals surface area contributed by atoms with Crippen molar-refractivity contribution in [3.05, 3.63) is 52.5 Å². The van der Waals surface area contributed by atoms with E-state index in [9.17, 15) is 9.18 Å². The fourth-order valence-electron chi connectivity index (χ4n) is 3.06. The first kappa shape index (κ1) is 19.3. The number of rotatable bonds is 5. The lowest BCUT2D eigenvalue weighted by Gasteiger charge is -2.31. The fraction of sp³-hybridized carbons (Fsp3) is 0.263. The van der Waals surface area contributed by atoms with Gasteiger partial charge in [-0.25, -0.2) is 9.18 Å². The van der Waals surface area contributed by atoms with E-state index in [1.54, 1.807) is 6.07 Å². The minimum atomic E-state index is -1.08. The summed E-state index contributed by atoms with van der Waals surface area (Å²) in [7, 11) is 0. The van der Waals surface area contributed by atoms with Crippen LogP contribution >= 0.6 is 15.9 Å². The van der Waals surface area contributed by atoms with Crippen LogP contribution in [0.4, 0.5) is 10.3 Å². The number of carboxylic acid groups (broad SMARTS) is 1. The zero-order chi connectivity index (χ0) is 20.4. The topological polar surface area (TPSA) is 102 Å². The van der Waals surface area contributed by atoms with Crippen molar-refractivity contribution in [1.82, 2.24) is 15.1 Å². The Morgan fingerprint density at radius 1 is 1.28 bits per heavy atom. The van der Waals surface area contributed by atoms with Crippen LogP contribution in [0.3, 0.4) is 0 Å². The first-order valence-corrected chi connectivity index (χ1v) is 9.68. The number of pyridine rings is 1. The second-order valence-electron chi connectivity index (χ2n) is 6.55. The van der Waals surface area contributed by atoms with E-state index in [2.05, 4.69) is 31.1 Å². The first-order chi connectivity index (χ1) is 14.0. The second kappa shape index (κ2) is 8.16. The van der Waals surface area contributed by atoms with E-state index in [4.69, 9.17) is 14.4 Å². The molecule has 0 aliphatic carbocycles. The Morgan fingerprint density at radius 3 is 2.83 bits per heavy atom. The highest BCUT2D eigenvalue weighted by Gasteiger charge is 2.25. The number of nitrogens with zero attached hydrogens (tertiary/aromatic N) is 4. The SMILES string of the molecule is O=C(O)c1cncc(-c2nc(N3CCC(Oc4cc(F)ccc4Br)CC3)no2)c1. The molecule has 0 unspecified atom stereocenters. The lowest BCUT2D eigenvalue weighted by Crippen LogP contribution is -2.38. The molecule has 0 radical (unpaired) electrons. The normalized spacial score (nSPS) is 14.8. The van der Waals surface area contributed by atoms with Crippen LogP contribution < -0.4 is 9.64 Å². The van der Waals surface area contributed by atoms with Gasteiger partial charge in [-0.2, -0.15) is 4.98 Å². The molecule has 1 N–H and O–H groups in total. The van der Waals surface area contributed by atoms with E-state index >= 15 is 0 Å². The molecule has 1 aliphatic heterocycles. The molecule has 1 aromatic carbocycles. The summed E-state index contributed by atoms with van der Waals surface area (Å²) < 4.78 is 25.3. The van der Waals surface area contributed by atoms with Crippen molar-refractivity contribution < 1.29 is 23.6 Å². The minimum Gasteiger partial charge on any atom is -0.489 e. The first-order valence-electron chi connectivity index (χ1n) is 8.88. The summed E-state index contributed by atoms with van der Waals surface area (Å²) in [4.78, 5) is 21.3. The fourth-order valence-corrected chi connectivity index (χ4v) is 3.40. The predicted octanol–water partition coefficient (Wildman–Crippen LogP) is 3.78. The highest BCUT2D eigenvalue weighted by atomic mass is 79.9. The maximum atomic E-state index is 13.4. The molecule has 0 amide bonds. The lowest BCUT2D eigenvalue weighted by atomic mass is 10.1. The van der Waals surface area contributed by atoms with Crippen LogP contribution in [0.2, 0.25) is 0 Å². The Balaban J connectivity index is 1.40. The van der Waals surface area contributed by atoms with Crippen molar-refractivity contribution in [1.29, 1.82) is 0 Å². The van der Waals surface area contributed by atoms with E-state index in [1.807, 2.05) is 4.90 Å². The van der Waals surface area contributed by atoms with Gasteiger partial charge in [0.2, 0.25) is 0 Å². The van der Waals surface area contributed by atoms with Crippen LogP contribution in [0.25, 0.3) is 11.5 Å². The zero-order valence-corrected chi connectivity index (χ0v) is 16.7. The molecule has 0 atom stereocenters. The molecule has 8 nitrogen and oxygen atoms in total. The van der Waals surface area contributed by atoms with E-state index in [1.165, 1.54) is 30.6 Å². The molecule has 0 saturated carbocycles. The van der Waals surface area contributed by atoms with Gasteiger partial charge in [-0.15, -0.1) is 0 Å². The molecule has 0 spiro atoms. The molecule has 2 aromatic heterocycles. The van der Waals surface area contributed by atoms with Crippen molar-refractivity contribution >= 4 is 27.8 Å². The average molecular weight is 463 g/mol. The summed E-state index contributed by atoms with van der Waals surface area (Å²) in [6.45, 7) is 1.29. The summed E-state index contributed by atoms with van der Waals surface area (Å²) in [5.41, 5.74) is 0.488. The Bertz CT molecular complexity index is 1040. The van der Waals surface area contributed by atoms with Gasteiger partial charge in [-0.05, 0) is 39.3 Å². The van der Waals surface area contributed by atoms with Gasteiger partial charge in [0.05, 0.1) is 15.6 Å². The van der Waals surface area contributed by atoms with Crippen molar-refractivity contribution in [2.24, 2.45) is 0 Å². The highest BCUT2D eigenvalue weighted by molar-refractivity contribution is 9.10. The van der Waals surface area contributed by atoms with Gasteiger partial charge in [-0.3, -0.25) is 4.98 Å². The number of halogens is 2. The Kier molecular flexibility index (Phi) is 5.43. The van der Waals surface area contributed by atoms with Crippen LogP contribution in [0.15, 0.2) is 45.7 Å². The molecule has 3 heterocycles. The standard InChI is InChI=1S/C19H16BrFN4O4/c20-15-2-1-13(21)8-16(15)28-14-3-5-25(6-4-14)19-23-17(29-24-19)11-7-12(18(26)27)10-22-9-11/h1-2,7-10,14H,3-6H2,(H,26,27). The quantitative estimate of drug-likeness (QED) is 0.610. The molecule has 4 rings (SSSR count). The monoisotopic (exact) mass is 462 g/mol. The summed E-state index contributed by atoms with van der Waals surface area (Å²) in [6.07, 6.45) is 4.10. The average Bonchev–Trinajstić information content (AvgIpc) is 3.22. The van der Waals surface area contributed by atoms with Crippen LogP contribution in [0.1, 0.15) is 23.2 Å². The van der Waals surface area contributed by atoms with Gasteiger partial charge in [0.15, 0.2) is 0 Å². The number of carboxylic acids is 1. The van der Waals surface area contributed by atoms with Gasteiger partial charge >= 0.3 is 5.97 Å². The van der Waals surface area contributed by atoms with Gasteiger partial charge < -0.3 is 19.3 Å². The van der Waals surface area contributed by atoms with Crippen molar-refractivity contribution in [3.8, 4) is 17.2 Å². The molecule has 10 heteroatoms. The van der Waals surface area contributed by atoms with E-state index in [0.717, 1.165) is 0 Å². The Hall–Kier alpha value is -3.01. The molecule has 1 saturated heterocycles. The largest absolute Gasteiger partial charge is 0.489 e. The summed E-state index contributed by atoms with van der Waals surface area (Å²) >= 11 is 3.37. The molecule has 1 fully saturated rings. The van der Waals surface area contributed by atoms with Gasteiger partial charge in [0.25, 0.3) is 11.8 Å². The number of aromatic carboxylic acids is 1. The predicted molar refractivity (Wildman–Crippen MR) is 104 cm³/mol. The van der Waals surface area contributed by atoms with E-state index in [0.29, 0.717) is 47.7 Å². The van der Waals surface area contributed by atoms with Crippen LogP contribution in [0, 0.1) is 5.82 Å². The maximum absolute atomic E-state index is 13.4. The Morgan fingerprint density at radius 2 is 2.07 bits per heavy atom. The number of ether oxygens (including phenoxy) is 1. The number of hydrogen-bond donors (Lipinski definition) is 1. The third-order valence-corrected chi connectivity index (χ3v) is 5.21. The molecule has 29 heavy (non-hydrogen) atoms. The molecule has 1 aliphatic rings. The molecular formula is C19H16BrFN4O4.